The summed E-state index contributed by atoms with van der Waals surface area (Å²) < 4.78 is 0. The number of rotatable bonds is 48. The van der Waals surface area contributed by atoms with Crippen LogP contribution in [0.5, 0.6) is 0 Å². The third-order valence-electron chi connectivity index (χ3n) is 12.2. The van der Waals surface area contributed by atoms with E-state index < -0.39 is 17.9 Å². The van der Waals surface area contributed by atoms with Gasteiger partial charge in [-0.2, -0.15) is 0 Å². The number of hydrogen-bond acceptors (Lipinski definition) is 9. The molecule has 0 aliphatic heterocycles. The predicted molar refractivity (Wildman–Crippen MR) is 264 cm³/mol. The molecule has 378 valence electrons. The normalized spacial score (nSPS) is 12.3. The maximum Gasteiger partial charge on any atom is 3.00 e. The molecule has 0 aromatic carbocycles. The number of carboxylic acid groups (broad SMARTS) is 3. The van der Waals surface area contributed by atoms with Gasteiger partial charge in [-0.15, -0.1) is 0 Å². The first-order valence-corrected chi connectivity index (χ1v) is 27.1. The van der Waals surface area contributed by atoms with Gasteiger partial charge in [0.15, 0.2) is 0 Å². The van der Waals surface area contributed by atoms with Crippen molar-refractivity contribution in [1.29, 1.82) is 0 Å². The van der Waals surface area contributed by atoms with Crippen LogP contribution in [0.1, 0.15) is 310 Å². The second kappa shape index (κ2) is 59.8. The van der Waals surface area contributed by atoms with Crippen LogP contribution in [0, 0.1) is 0 Å². The van der Waals surface area contributed by atoms with Crippen molar-refractivity contribution in [2.75, 3.05) is 0 Å². The van der Waals surface area contributed by atoms with Gasteiger partial charge in [-0.25, -0.2) is 0 Å². The van der Waals surface area contributed by atoms with Gasteiger partial charge in [0.1, 0.15) is 0 Å². The molecule has 10 heteroatoms. The first-order valence-electron chi connectivity index (χ1n) is 27.1. The van der Waals surface area contributed by atoms with Gasteiger partial charge in [-0.05, 0) is 77.0 Å². The van der Waals surface area contributed by atoms with Crippen molar-refractivity contribution >= 4 is 35.3 Å². The molecule has 0 aliphatic rings. The van der Waals surface area contributed by atoms with Gasteiger partial charge < -0.3 is 45.0 Å². The second-order valence-electron chi connectivity index (χ2n) is 18.7. The van der Waals surface area contributed by atoms with Crippen LogP contribution in [0.3, 0.4) is 0 Å². The van der Waals surface area contributed by atoms with Gasteiger partial charge in [0.05, 0.1) is 18.3 Å². The Kier molecular flexibility index (Phi) is 64.9. The van der Waals surface area contributed by atoms with Crippen LogP contribution in [0.15, 0.2) is 0 Å². The molecule has 0 spiro atoms. The Morgan fingerprint density at radius 3 is 0.578 bits per heavy atom. The Labute approximate surface area is 406 Å². The molecule has 0 bridgehead atoms. The fraction of sp³-hybridized carbons (Fsp3) is 0.944. The molecule has 0 aromatic rings. The van der Waals surface area contributed by atoms with Gasteiger partial charge in [-0.3, -0.25) is 0 Å². The predicted octanol–water partition coefficient (Wildman–Crippen LogP) is 11.5. The molecular formula is C54H105AlO9. The van der Waals surface area contributed by atoms with Crippen molar-refractivity contribution < 1.29 is 45.0 Å². The maximum absolute atomic E-state index is 10.2. The van der Waals surface area contributed by atoms with Crippen LogP contribution < -0.4 is 15.3 Å². The first kappa shape index (κ1) is 69.4. The van der Waals surface area contributed by atoms with Gasteiger partial charge >= 0.3 is 17.4 Å². The minimum Gasteiger partial charge on any atom is -0.550 e. The zero-order valence-corrected chi connectivity index (χ0v) is 43.6. The fourth-order valence-corrected chi connectivity index (χ4v) is 7.98. The van der Waals surface area contributed by atoms with Crippen LogP contribution in [-0.4, -0.2) is 68.9 Å². The molecule has 0 heterocycles. The van der Waals surface area contributed by atoms with Crippen LogP contribution in [0.25, 0.3) is 0 Å². The van der Waals surface area contributed by atoms with Crippen molar-refractivity contribution in [2.45, 2.75) is 328 Å². The number of hydrogen-bond donors (Lipinski definition) is 3. The molecule has 0 saturated heterocycles. The average Bonchev–Trinajstić information content (AvgIpc) is 3.24. The summed E-state index contributed by atoms with van der Waals surface area (Å²) in [7, 11) is 0. The van der Waals surface area contributed by atoms with E-state index in [-0.39, 0.29) is 54.9 Å². The Hall–Kier alpha value is -1.18. The van der Waals surface area contributed by atoms with Crippen LogP contribution in [0.2, 0.25) is 0 Å². The summed E-state index contributed by atoms with van der Waals surface area (Å²) in [5.41, 5.74) is 0. The Morgan fingerprint density at radius 1 is 0.281 bits per heavy atom. The number of carbonyl (C=O) groups excluding carboxylic acids is 3. The monoisotopic (exact) mass is 925 g/mol. The van der Waals surface area contributed by atoms with E-state index in [2.05, 4.69) is 20.8 Å². The minimum atomic E-state index is -0.954. The van der Waals surface area contributed by atoms with Crippen molar-refractivity contribution in [3.05, 3.63) is 0 Å². The van der Waals surface area contributed by atoms with E-state index in [1.165, 1.54) is 135 Å². The quantitative estimate of drug-likeness (QED) is 0.0395. The summed E-state index contributed by atoms with van der Waals surface area (Å²) >= 11 is 0. The van der Waals surface area contributed by atoms with E-state index in [0.717, 1.165) is 116 Å². The summed E-state index contributed by atoms with van der Waals surface area (Å²) in [4.78, 5) is 30.7. The van der Waals surface area contributed by atoms with Gasteiger partial charge in [0.2, 0.25) is 0 Å². The van der Waals surface area contributed by atoms with Gasteiger partial charge in [-0.1, -0.05) is 233 Å². The molecule has 0 aliphatic carbocycles. The van der Waals surface area contributed by atoms with E-state index in [0.29, 0.717) is 19.3 Å². The molecule has 64 heavy (non-hydrogen) atoms. The standard InChI is InChI=1S/3C18H36O3.Al/c3*1-2-3-4-5-6-7-8-11-14-17(19)15-12-9-10-13-16-18(20)21;/h3*17,19H,2-16H2,1H3,(H,20,21);/q;;;+3/p-3. The molecule has 9 nitrogen and oxygen atoms in total. The summed E-state index contributed by atoms with van der Waals surface area (Å²) in [6.45, 7) is 6.72. The number of aliphatic carboxylic acids is 3. The molecule has 0 fully saturated rings. The Bertz CT molecular complexity index is 807. The summed E-state index contributed by atoms with van der Waals surface area (Å²) in [6, 6.07) is 0. The van der Waals surface area contributed by atoms with Crippen LogP contribution in [-0.2, 0) is 14.4 Å². The SMILES string of the molecule is CCCCCCCCCCC(O)CCCCCCC(=O)[O-].CCCCCCCCCCC(O)CCCCCCC(=O)[O-].CCCCCCCCCCC(O)CCCCCCC(=O)[O-].[Al+3]. The molecule has 3 unspecified atom stereocenters. The van der Waals surface area contributed by atoms with E-state index in [1.807, 2.05) is 0 Å². The number of carboxylic acids is 3. The smallest absolute Gasteiger partial charge is 0.550 e. The topological polar surface area (TPSA) is 181 Å². The van der Waals surface area contributed by atoms with Crippen LogP contribution >= 0.6 is 0 Å². The number of aliphatic hydroxyl groups is 3. The molecular weight excluding hydrogens is 820 g/mol. The van der Waals surface area contributed by atoms with Crippen molar-refractivity contribution in [2.24, 2.45) is 0 Å². The largest absolute Gasteiger partial charge is 3.00 e. The van der Waals surface area contributed by atoms with Crippen molar-refractivity contribution in [1.82, 2.24) is 0 Å². The summed E-state index contributed by atoms with van der Waals surface area (Å²) in [5, 5.41) is 60.3. The fourth-order valence-electron chi connectivity index (χ4n) is 7.98. The van der Waals surface area contributed by atoms with E-state index in [9.17, 15) is 45.0 Å². The van der Waals surface area contributed by atoms with E-state index in [4.69, 9.17) is 0 Å². The summed E-state index contributed by atoms with van der Waals surface area (Å²) in [5.74, 6) is -2.86. The minimum absolute atomic E-state index is 0. The average molecular weight is 925 g/mol. The molecule has 3 N–H and O–H groups in total. The zero-order chi connectivity index (χ0) is 47.3. The van der Waals surface area contributed by atoms with Crippen molar-refractivity contribution in [3.8, 4) is 0 Å². The molecule has 0 saturated carbocycles. The molecule has 3 atom stereocenters. The maximum atomic E-state index is 10.2. The Balaban J connectivity index is -0.000000419. The third kappa shape index (κ3) is 69.9. The Morgan fingerprint density at radius 2 is 0.422 bits per heavy atom. The zero-order valence-electron chi connectivity index (χ0n) is 42.4. The number of aliphatic hydroxyl groups excluding tert-OH is 3. The number of unbranched alkanes of at least 4 members (excludes halogenated alkanes) is 30. The second-order valence-corrected chi connectivity index (χ2v) is 18.7. The van der Waals surface area contributed by atoms with E-state index >= 15 is 0 Å². The molecule has 0 amide bonds. The van der Waals surface area contributed by atoms with Crippen molar-refractivity contribution in [3.63, 3.8) is 0 Å². The van der Waals surface area contributed by atoms with Gasteiger partial charge in [0, 0.05) is 17.9 Å². The number of carbonyl (C=O) groups is 3. The molecule has 0 rings (SSSR count). The van der Waals surface area contributed by atoms with Crippen LogP contribution in [0.4, 0.5) is 0 Å². The first-order chi connectivity index (χ1) is 30.5. The van der Waals surface area contributed by atoms with Gasteiger partial charge in [0.25, 0.3) is 0 Å². The molecule has 0 aromatic heterocycles. The van der Waals surface area contributed by atoms with E-state index in [1.54, 1.807) is 0 Å². The third-order valence-corrected chi connectivity index (χ3v) is 12.2. The molecule has 0 radical (unpaired) electrons. The summed E-state index contributed by atoms with van der Waals surface area (Å²) in [6.07, 6.45) is 47.6.